The average molecular weight is 422 g/mol. The van der Waals surface area contributed by atoms with E-state index in [1.165, 1.54) is 64.5 Å². The standard InChI is InChI=1S/2C11H22.C7H15N/c2*1-8(2)11-6-5-9(3)7-10(11)4;1-7-3-5-8(2)6-4-7/h2*8-11H,5-7H2,1-4H3;7H,3-6H2,1-2H3/t2*9-,10?,11+;/m10./s1. The van der Waals surface area contributed by atoms with Crippen LogP contribution in [0.15, 0.2) is 0 Å². The monoisotopic (exact) mass is 421 g/mol. The lowest BCUT2D eigenvalue weighted by Crippen LogP contribution is -2.28. The van der Waals surface area contributed by atoms with Crippen molar-refractivity contribution in [2.24, 2.45) is 53.3 Å². The second-order valence-corrected chi connectivity index (χ2v) is 12.6. The zero-order valence-corrected chi connectivity index (χ0v) is 22.7. The zero-order valence-electron chi connectivity index (χ0n) is 22.7. The van der Waals surface area contributed by atoms with E-state index in [9.17, 15) is 0 Å². The van der Waals surface area contributed by atoms with Gasteiger partial charge in [-0.1, -0.05) is 75.2 Å². The summed E-state index contributed by atoms with van der Waals surface area (Å²) in [7, 11) is 2.20. The van der Waals surface area contributed by atoms with Crippen LogP contribution >= 0.6 is 0 Å². The Morgan fingerprint density at radius 1 is 0.533 bits per heavy atom. The van der Waals surface area contributed by atoms with Gasteiger partial charge in [0.15, 0.2) is 0 Å². The fraction of sp³-hybridized carbons (Fsp3) is 1.00. The molecule has 1 nitrogen and oxygen atoms in total. The summed E-state index contributed by atoms with van der Waals surface area (Å²) >= 11 is 0. The first-order chi connectivity index (χ1) is 14.0. The van der Waals surface area contributed by atoms with Crippen molar-refractivity contribution >= 4 is 0 Å². The van der Waals surface area contributed by atoms with E-state index < -0.39 is 0 Å². The third-order valence-electron chi connectivity index (χ3n) is 8.72. The van der Waals surface area contributed by atoms with E-state index in [1.54, 1.807) is 0 Å². The van der Waals surface area contributed by atoms with Crippen molar-refractivity contribution in [1.29, 1.82) is 0 Å². The van der Waals surface area contributed by atoms with Gasteiger partial charge in [0.2, 0.25) is 0 Å². The molecule has 180 valence electrons. The van der Waals surface area contributed by atoms with Crippen LogP contribution < -0.4 is 0 Å². The molecule has 1 aliphatic heterocycles. The number of hydrogen-bond donors (Lipinski definition) is 0. The fourth-order valence-electron chi connectivity index (χ4n) is 6.50. The van der Waals surface area contributed by atoms with Crippen LogP contribution in [0.4, 0.5) is 0 Å². The molecule has 0 amide bonds. The van der Waals surface area contributed by atoms with Crippen LogP contribution in [0.3, 0.4) is 0 Å². The van der Waals surface area contributed by atoms with E-state index in [-0.39, 0.29) is 0 Å². The third-order valence-corrected chi connectivity index (χ3v) is 8.72. The van der Waals surface area contributed by atoms with Crippen molar-refractivity contribution in [1.82, 2.24) is 4.90 Å². The molecule has 0 aromatic carbocycles. The number of likely N-dealkylation sites (tertiary alicyclic amines) is 1. The van der Waals surface area contributed by atoms with Crippen LogP contribution in [0.25, 0.3) is 0 Å². The molecule has 1 heterocycles. The molecule has 0 radical (unpaired) electrons. The van der Waals surface area contributed by atoms with Crippen molar-refractivity contribution in [3.05, 3.63) is 0 Å². The number of nitrogens with zero attached hydrogens (tertiary/aromatic N) is 1. The van der Waals surface area contributed by atoms with Gasteiger partial charge in [-0.05, 0) is 112 Å². The van der Waals surface area contributed by atoms with Crippen LogP contribution in [-0.2, 0) is 0 Å². The number of hydrogen-bond acceptors (Lipinski definition) is 1. The maximum absolute atomic E-state index is 2.43. The van der Waals surface area contributed by atoms with Gasteiger partial charge in [-0.3, -0.25) is 0 Å². The lowest BCUT2D eigenvalue weighted by Gasteiger charge is -2.35. The third kappa shape index (κ3) is 10.5. The molecular weight excluding hydrogens is 362 g/mol. The normalized spacial score (nSPS) is 36.0. The molecule has 6 atom stereocenters. The van der Waals surface area contributed by atoms with Crippen LogP contribution in [0, 0.1) is 53.3 Å². The highest BCUT2D eigenvalue weighted by Gasteiger charge is 2.27. The Bertz CT molecular complexity index is 380. The Hall–Kier alpha value is -0.0400. The first-order valence-electron chi connectivity index (χ1n) is 13.7. The summed E-state index contributed by atoms with van der Waals surface area (Å²) in [5.74, 6) is 8.70. The molecule has 0 aromatic rings. The molecule has 3 rings (SSSR count). The fourth-order valence-corrected chi connectivity index (χ4v) is 6.50. The lowest BCUT2D eigenvalue weighted by molar-refractivity contribution is 0.158. The van der Waals surface area contributed by atoms with Gasteiger partial charge in [0.25, 0.3) is 0 Å². The topological polar surface area (TPSA) is 3.24 Å². The molecule has 1 heteroatoms. The first-order valence-corrected chi connectivity index (χ1v) is 13.7. The first kappa shape index (κ1) is 28.0. The molecule has 0 N–H and O–H groups in total. The minimum Gasteiger partial charge on any atom is -0.306 e. The smallest absolute Gasteiger partial charge is 0.00192 e. The van der Waals surface area contributed by atoms with Crippen molar-refractivity contribution < 1.29 is 0 Å². The van der Waals surface area contributed by atoms with E-state index in [0.29, 0.717) is 0 Å². The van der Waals surface area contributed by atoms with E-state index in [1.807, 2.05) is 0 Å². The molecule has 1 saturated heterocycles. The van der Waals surface area contributed by atoms with E-state index in [0.717, 1.165) is 53.3 Å². The molecule has 30 heavy (non-hydrogen) atoms. The van der Waals surface area contributed by atoms with Gasteiger partial charge in [0.05, 0.1) is 0 Å². The second kappa shape index (κ2) is 14.2. The van der Waals surface area contributed by atoms with Gasteiger partial charge in [-0.25, -0.2) is 0 Å². The molecule has 0 aromatic heterocycles. The zero-order chi connectivity index (χ0) is 22.8. The minimum atomic E-state index is 0.900. The second-order valence-electron chi connectivity index (χ2n) is 12.6. The minimum absolute atomic E-state index is 0.900. The summed E-state index contributed by atoms with van der Waals surface area (Å²) in [6.07, 6.45) is 11.6. The van der Waals surface area contributed by atoms with Crippen LogP contribution in [0.1, 0.15) is 114 Å². The van der Waals surface area contributed by atoms with Crippen molar-refractivity contribution in [2.45, 2.75) is 114 Å². The largest absolute Gasteiger partial charge is 0.306 e. The Labute approximate surface area is 192 Å². The Morgan fingerprint density at radius 2 is 0.900 bits per heavy atom. The predicted molar refractivity (Wildman–Crippen MR) is 137 cm³/mol. The summed E-state index contributed by atoms with van der Waals surface area (Å²) in [6.45, 7) is 24.1. The summed E-state index contributed by atoms with van der Waals surface area (Å²) in [5, 5.41) is 0. The van der Waals surface area contributed by atoms with Gasteiger partial charge in [0, 0.05) is 0 Å². The summed E-state index contributed by atoms with van der Waals surface area (Å²) in [6, 6.07) is 0. The number of rotatable bonds is 2. The molecule has 3 fully saturated rings. The predicted octanol–water partition coefficient (Wildman–Crippen LogP) is 8.78. The molecule has 0 spiro atoms. The summed E-state index contributed by atoms with van der Waals surface area (Å²) in [5.41, 5.74) is 0. The Kier molecular flexibility index (Phi) is 13.2. The lowest BCUT2D eigenvalue weighted by atomic mass is 9.71. The Morgan fingerprint density at radius 3 is 1.17 bits per heavy atom. The molecule has 2 aliphatic carbocycles. The van der Waals surface area contributed by atoms with E-state index in [2.05, 4.69) is 74.3 Å². The van der Waals surface area contributed by atoms with Crippen LogP contribution in [0.2, 0.25) is 0 Å². The quantitative estimate of drug-likeness (QED) is 0.430. The van der Waals surface area contributed by atoms with Gasteiger partial charge >= 0.3 is 0 Å². The van der Waals surface area contributed by atoms with E-state index >= 15 is 0 Å². The summed E-state index contributed by atoms with van der Waals surface area (Å²) in [4.78, 5) is 2.40. The van der Waals surface area contributed by atoms with Crippen LogP contribution in [-0.4, -0.2) is 25.0 Å². The highest BCUT2D eigenvalue weighted by molar-refractivity contribution is 4.78. The van der Waals surface area contributed by atoms with Crippen molar-refractivity contribution in [2.75, 3.05) is 20.1 Å². The van der Waals surface area contributed by atoms with Gasteiger partial charge in [-0.2, -0.15) is 0 Å². The van der Waals surface area contributed by atoms with Gasteiger partial charge in [-0.15, -0.1) is 0 Å². The SMILES string of the molecule is CC(C)[C@@H]1CC[C@@H](C)CC1C.CC(C)[C@H]1CC[C@H](C)CC1C.CC1CCN(C)CC1. The molecule has 0 bridgehead atoms. The van der Waals surface area contributed by atoms with Gasteiger partial charge in [0.1, 0.15) is 0 Å². The highest BCUT2D eigenvalue weighted by Crippen LogP contribution is 2.38. The number of piperidine rings is 1. The average Bonchev–Trinajstić information content (AvgIpc) is 2.64. The van der Waals surface area contributed by atoms with Crippen LogP contribution in [0.5, 0.6) is 0 Å². The molecular formula is C29H59N. The maximum Gasteiger partial charge on any atom is -0.00192 e. The van der Waals surface area contributed by atoms with E-state index in [4.69, 9.17) is 0 Å². The van der Waals surface area contributed by atoms with Crippen molar-refractivity contribution in [3.8, 4) is 0 Å². The molecule has 2 unspecified atom stereocenters. The maximum atomic E-state index is 2.43. The molecule has 3 aliphatic rings. The van der Waals surface area contributed by atoms with Crippen molar-refractivity contribution in [3.63, 3.8) is 0 Å². The Balaban J connectivity index is 0.000000228. The van der Waals surface area contributed by atoms with Gasteiger partial charge < -0.3 is 4.90 Å². The summed E-state index contributed by atoms with van der Waals surface area (Å²) < 4.78 is 0. The molecule has 2 saturated carbocycles. The highest BCUT2D eigenvalue weighted by atomic mass is 15.1.